The van der Waals surface area contributed by atoms with E-state index in [0.29, 0.717) is 52.7 Å². The zero-order chi connectivity index (χ0) is 22.2. The van der Waals surface area contributed by atoms with Gasteiger partial charge in [0, 0.05) is 29.7 Å². The van der Waals surface area contributed by atoms with Crippen LogP contribution in [0.5, 0.6) is 11.5 Å². The number of cyclic esters (lactones) is 1. The maximum atomic E-state index is 13.4. The normalized spacial score (nSPS) is 20.2. The van der Waals surface area contributed by atoms with E-state index >= 15 is 0 Å². The molecule has 0 unspecified atom stereocenters. The van der Waals surface area contributed by atoms with Crippen molar-refractivity contribution < 1.29 is 28.8 Å². The smallest absolute Gasteiger partial charge is 0.343 e. The number of hydrogen-bond donors (Lipinski definition) is 1. The van der Waals surface area contributed by atoms with Gasteiger partial charge in [0.05, 0.1) is 35.6 Å². The second kappa shape index (κ2) is 6.54. The third-order valence-corrected chi connectivity index (χ3v) is 6.59. The lowest BCUT2D eigenvalue weighted by Gasteiger charge is -2.31. The highest BCUT2D eigenvalue weighted by Gasteiger charge is 2.45. The quantitative estimate of drug-likeness (QED) is 0.486. The van der Waals surface area contributed by atoms with Crippen molar-refractivity contribution in [2.75, 3.05) is 13.9 Å². The van der Waals surface area contributed by atoms with E-state index in [1.807, 2.05) is 12.1 Å². The van der Waals surface area contributed by atoms with E-state index in [9.17, 15) is 14.7 Å². The van der Waals surface area contributed by atoms with Gasteiger partial charge in [-0.05, 0) is 24.1 Å². The molecule has 1 N–H and O–H groups in total. The van der Waals surface area contributed by atoms with Crippen LogP contribution in [0.4, 0.5) is 0 Å². The van der Waals surface area contributed by atoms with Crippen LogP contribution >= 0.6 is 0 Å². The molecule has 0 spiro atoms. The van der Waals surface area contributed by atoms with Crippen LogP contribution in [0.25, 0.3) is 22.3 Å². The average molecular weight is 436 g/mol. The Morgan fingerprint density at radius 1 is 1.16 bits per heavy atom. The lowest BCUT2D eigenvalue weighted by atomic mass is 9.86. The van der Waals surface area contributed by atoms with E-state index in [4.69, 9.17) is 23.9 Å². The van der Waals surface area contributed by atoms with E-state index in [1.165, 1.54) is 0 Å². The van der Waals surface area contributed by atoms with Gasteiger partial charge in [-0.15, -0.1) is 0 Å². The van der Waals surface area contributed by atoms with Gasteiger partial charge in [-0.25, -0.2) is 9.78 Å². The lowest BCUT2D eigenvalue weighted by Crippen LogP contribution is -2.44. The van der Waals surface area contributed by atoms with Gasteiger partial charge in [0.15, 0.2) is 17.1 Å². The maximum absolute atomic E-state index is 13.4. The Kier molecular flexibility index (Phi) is 3.94. The second-order valence-corrected chi connectivity index (χ2v) is 8.18. The number of benzene rings is 1. The number of methoxy groups -OCH3 is 1. The number of nitrogens with zero attached hydrogens (tertiary/aromatic N) is 2. The number of rotatable bonds is 3. The average Bonchev–Trinajstić information content (AvgIpc) is 3.40. The molecule has 0 aliphatic carbocycles. The van der Waals surface area contributed by atoms with E-state index in [2.05, 4.69) is 0 Å². The molecule has 0 fully saturated rings. The van der Waals surface area contributed by atoms with Crippen molar-refractivity contribution in [1.82, 2.24) is 9.55 Å². The highest BCUT2D eigenvalue weighted by Crippen LogP contribution is 2.43. The summed E-state index contributed by atoms with van der Waals surface area (Å²) in [5.41, 5.74) is 2.08. The van der Waals surface area contributed by atoms with Gasteiger partial charge in [0.25, 0.3) is 5.56 Å². The first kappa shape index (κ1) is 19.3. The van der Waals surface area contributed by atoms with E-state index in [-0.39, 0.29) is 25.4 Å². The molecule has 6 rings (SSSR count). The molecule has 32 heavy (non-hydrogen) atoms. The summed E-state index contributed by atoms with van der Waals surface area (Å²) in [7, 11) is 1.61. The fourth-order valence-electron chi connectivity index (χ4n) is 4.86. The molecule has 164 valence electrons. The summed E-state index contributed by atoms with van der Waals surface area (Å²) >= 11 is 0. The molecule has 0 radical (unpaired) electrons. The third kappa shape index (κ3) is 2.37. The number of carbonyl (C=O) groups excluding carboxylic acids is 1. The zero-order valence-corrected chi connectivity index (χ0v) is 17.6. The van der Waals surface area contributed by atoms with Crippen LogP contribution in [0, 0.1) is 0 Å². The molecule has 2 aromatic heterocycles. The van der Waals surface area contributed by atoms with Crippen LogP contribution in [-0.2, 0) is 39.6 Å². The van der Waals surface area contributed by atoms with E-state index in [1.54, 1.807) is 24.7 Å². The number of pyridine rings is 2. The molecule has 5 heterocycles. The molecular formula is C23H20N2O7. The third-order valence-electron chi connectivity index (χ3n) is 6.59. The van der Waals surface area contributed by atoms with E-state index < -0.39 is 11.6 Å². The molecule has 0 saturated heterocycles. The van der Waals surface area contributed by atoms with Crippen molar-refractivity contribution in [1.29, 1.82) is 0 Å². The molecule has 1 atom stereocenters. The number of aliphatic hydroxyl groups is 1. The van der Waals surface area contributed by atoms with Gasteiger partial charge in [-0.1, -0.05) is 6.92 Å². The minimum absolute atomic E-state index is 0.0954. The number of hydrogen-bond acceptors (Lipinski definition) is 8. The van der Waals surface area contributed by atoms with Crippen LogP contribution in [0.2, 0.25) is 0 Å². The molecule has 3 aliphatic rings. The van der Waals surface area contributed by atoms with Gasteiger partial charge in [-0.3, -0.25) is 4.79 Å². The summed E-state index contributed by atoms with van der Waals surface area (Å²) in [6.45, 7) is 2.31. The van der Waals surface area contributed by atoms with Crippen molar-refractivity contribution in [3.8, 4) is 22.9 Å². The second-order valence-electron chi connectivity index (χ2n) is 8.18. The van der Waals surface area contributed by atoms with Crippen molar-refractivity contribution in [2.24, 2.45) is 0 Å². The first-order valence-corrected chi connectivity index (χ1v) is 10.4. The Morgan fingerprint density at radius 2 is 1.94 bits per heavy atom. The summed E-state index contributed by atoms with van der Waals surface area (Å²) in [4.78, 5) is 30.6. The number of ether oxygens (including phenoxy) is 4. The van der Waals surface area contributed by atoms with Gasteiger partial charge < -0.3 is 28.6 Å². The number of carbonyl (C=O) groups is 1. The Morgan fingerprint density at radius 3 is 2.69 bits per heavy atom. The SMILES string of the molecule is CC[C@@]1(O)C(=O)OCc2c1cc1n(c2=O)Cc2c-1nc1cc3c(cc1c2COC)OCO3. The highest BCUT2D eigenvalue weighted by molar-refractivity contribution is 5.91. The summed E-state index contributed by atoms with van der Waals surface area (Å²) in [6.07, 6.45) is 0.0954. The minimum Gasteiger partial charge on any atom is -0.458 e. The Bertz CT molecular complexity index is 1390. The Labute approximate surface area is 182 Å². The molecule has 0 saturated carbocycles. The molecule has 0 amide bonds. The topological polar surface area (TPSA) is 109 Å². The fourth-order valence-corrected chi connectivity index (χ4v) is 4.86. The summed E-state index contributed by atoms with van der Waals surface area (Å²) < 4.78 is 23.3. The van der Waals surface area contributed by atoms with Crippen LogP contribution in [0.1, 0.15) is 35.6 Å². The molecule has 0 bridgehead atoms. The van der Waals surface area contributed by atoms with Crippen molar-refractivity contribution in [2.45, 2.75) is 38.7 Å². The summed E-state index contributed by atoms with van der Waals surface area (Å²) in [5, 5.41) is 11.9. The van der Waals surface area contributed by atoms with Crippen LogP contribution in [0.3, 0.4) is 0 Å². The monoisotopic (exact) mass is 436 g/mol. The molecule has 9 nitrogen and oxygen atoms in total. The first-order valence-electron chi connectivity index (χ1n) is 10.4. The number of esters is 1. The first-order chi connectivity index (χ1) is 15.5. The van der Waals surface area contributed by atoms with Crippen LogP contribution < -0.4 is 15.0 Å². The van der Waals surface area contributed by atoms with Crippen molar-refractivity contribution >= 4 is 16.9 Å². The largest absolute Gasteiger partial charge is 0.458 e. The maximum Gasteiger partial charge on any atom is 0.343 e. The number of aromatic nitrogens is 2. The molecular weight excluding hydrogens is 416 g/mol. The van der Waals surface area contributed by atoms with Crippen LogP contribution in [0.15, 0.2) is 23.0 Å². The Balaban J connectivity index is 1.65. The van der Waals surface area contributed by atoms with E-state index in [0.717, 1.165) is 16.5 Å². The van der Waals surface area contributed by atoms with Gasteiger partial charge in [0.2, 0.25) is 6.79 Å². The predicted octanol–water partition coefficient (Wildman–Crippen LogP) is 1.95. The summed E-state index contributed by atoms with van der Waals surface area (Å²) in [5.74, 6) is 0.509. The van der Waals surface area contributed by atoms with Crippen molar-refractivity contribution in [3.05, 3.63) is 50.8 Å². The highest BCUT2D eigenvalue weighted by atomic mass is 16.7. The van der Waals surface area contributed by atoms with Gasteiger partial charge >= 0.3 is 5.97 Å². The zero-order valence-electron chi connectivity index (χ0n) is 17.6. The molecule has 9 heteroatoms. The molecule has 3 aliphatic heterocycles. The predicted molar refractivity (Wildman–Crippen MR) is 111 cm³/mol. The minimum atomic E-state index is -1.86. The van der Waals surface area contributed by atoms with Gasteiger partial charge in [0.1, 0.15) is 6.61 Å². The summed E-state index contributed by atoms with van der Waals surface area (Å²) in [6, 6.07) is 5.41. The van der Waals surface area contributed by atoms with Crippen molar-refractivity contribution in [3.63, 3.8) is 0 Å². The molecule has 1 aromatic carbocycles. The fraction of sp³-hybridized carbons (Fsp3) is 0.348. The number of fused-ring (bicyclic) bond motifs is 6. The standard InChI is InChI=1S/C23H20N2O7/c1-3-23(28)15-5-17-20-12(7-25(17)21(26)14(15)9-30-22(23)27)13(8-29-2)11-4-18-19(32-10-31-18)6-16(11)24-20/h4-6,28H,3,7-10H2,1-2H3/t23-/m0/s1. The van der Waals surface area contributed by atoms with Crippen LogP contribution in [-0.4, -0.2) is 34.5 Å². The van der Waals surface area contributed by atoms with Gasteiger partial charge in [-0.2, -0.15) is 0 Å². The lowest BCUT2D eigenvalue weighted by molar-refractivity contribution is -0.172. The Hall–Kier alpha value is -3.43. The molecule has 3 aromatic rings.